The van der Waals surface area contributed by atoms with E-state index in [2.05, 4.69) is 5.32 Å². The molecule has 2 N–H and O–H groups in total. The topological polar surface area (TPSA) is 75.6 Å². The Morgan fingerprint density at radius 1 is 1.28 bits per heavy atom. The molecule has 0 spiro atoms. The van der Waals surface area contributed by atoms with E-state index in [1.807, 2.05) is 31.2 Å². The molecule has 1 aliphatic heterocycles. The molecular weight excluding hydrogens is 410 g/mol. The average Bonchev–Trinajstić information content (AvgIpc) is 3.08. The summed E-state index contributed by atoms with van der Waals surface area (Å²) in [5, 5.41) is 13.3. The summed E-state index contributed by atoms with van der Waals surface area (Å²) in [7, 11) is 0. The zero-order valence-electron chi connectivity index (χ0n) is 15.6. The van der Waals surface area contributed by atoms with Crippen molar-refractivity contribution < 1.29 is 19.4 Å². The van der Waals surface area contributed by atoms with Crippen LogP contribution < -0.4 is 10.1 Å². The number of rotatable bonds is 5. The van der Waals surface area contributed by atoms with Crippen molar-refractivity contribution in [2.45, 2.75) is 19.3 Å². The maximum atomic E-state index is 12.5. The van der Waals surface area contributed by atoms with E-state index in [0.29, 0.717) is 28.4 Å². The van der Waals surface area contributed by atoms with Gasteiger partial charge in [-0.05, 0) is 42.3 Å². The SMILES string of the molecule is CCOc1cccc([C@H]2CC(=O)Nc3c2sc(C(=O)O)c3-c2ccc(Cl)cc2)c1. The van der Waals surface area contributed by atoms with Crippen LogP contribution in [0.15, 0.2) is 48.5 Å². The summed E-state index contributed by atoms with van der Waals surface area (Å²) in [4.78, 5) is 25.6. The number of benzene rings is 2. The molecule has 2 aromatic carbocycles. The Morgan fingerprint density at radius 2 is 2.03 bits per heavy atom. The zero-order chi connectivity index (χ0) is 20.5. The fraction of sp³-hybridized carbons (Fsp3) is 0.182. The normalized spacial score (nSPS) is 15.5. The summed E-state index contributed by atoms with van der Waals surface area (Å²) in [5.74, 6) is -0.673. The first-order chi connectivity index (χ1) is 14.0. The molecule has 29 heavy (non-hydrogen) atoms. The van der Waals surface area contributed by atoms with E-state index in [0.717, 1.165) is 16.2 Å². The van der Waals surface area contributed by atoms with Crippen LogP contribution in [-0.4, -0.2) is 23.6 Å². The minimum absolute atomic E-state index is 0.144. The van der Waals surface area contributed by atoms with Gasteiger partial charge in [0.2, 0.25) is 5.91 Å². The first kappa shape index (κ1) is 19.5. The lowest BCUT2D eigenvalue weighted by atomic mass is 9.88. The van der Waals surface area contributed by atoms with Crippen molar-refractivity contribution >= 4 is 40.5 Å². The Labute approximate surface area is 176 Å². The molecule has 0 saturated heterocycles. The third-order valence-corrected chi connectivity index (χ3v) is 6.35. The number of thiophene rings is 1. The van der Waals surface area contributed by atoms with Crippen LogP contribution in [0, 0.1) is 0 Å². The van der Waals surface area contributed by atoms with Gasteiger partial charge in [0.25, 0.3) is 0 Å². The minimum Gasteiger partial charge on any atom is -0.494 e. The summed E-state index contributed by atoms with van der Waals surface area (Å²) in [6.45, 7) is 2.46. The summed E-state index contributed by atoms with van der Waals surface area (Å²) in [6.07, 6.45) is 0.252. The van der Waals surface area contributed by atoms with Crippen LogP contribution >= 0.6 is 22.9 Å². The van der Waals surface area contributed by atoms with Crippen molar-refractivity contribution in [3.8, 4) is 16.9 Å². The highest BCUT2D eigenvalue weighted by Crippen LogP contribution is 2.49. The van der Waals surface area contributed by atoms with E-state index in [1.54, 1.807) is 24.3 Å². The molecule has 3 aromatic rings. The predicted octanol–water partition coefficient (Wildman–Crippen LogP) is 5.64. The van der Waals surface area contributed by atoms with E-state index in [1.165, 1.54) is 11.3 Å². The van der Waals surface area contributed by atoms with E-state index in [9.17, 15) is 14.7 Å². The van der Waals surface area contributed by atoms with E-state index < -0.39 is 5.97 Å². The van der Waals surface area contributed by atoms with Crippen molar-refractivity contribution in [1.29, 1.82) is 0 Å². The molecule has 7 heteroatoms. The van der Waals surface area contributed by atoms with Crippen LogP contribution in [0.25, 0.3) is 11.1 Å². The number of halogens is 1. The van der Waals surface area contributed by atoms with Gasteiger partial charge in [0.1, 0.15) is 10.6 Å². The molecular formula is C22H18ClNO4S. The van der Waals surface area contributed by atoms with Gasteiger partial charge in [0.15, 0.2) is 0 Å². The van der Waals surface area contributed by atoms with Gasteiger partial charge in [-0.2, -0.15) is 0 Å². The number of aromatic carboxylic acids is 1. The number of carboxylic acid groups (broad SMARTS) is 1. The molecule has 0 unspecified atom stereocenters. The summed E-state index contributed by atoms with van der Waals surface area (Å²) < 4.78 is 5.60. The Bertz CT molecular complexity index is 1090. The lowest BCUT2D eigenvalue weighted by Crippen LogP contribution is -2.22. The molecule has 1 atom stereocenters. The number of hydrogen-bond donors (Lipinski definition) is 2. The Kier molecular flexibility index (Phi) is 5.30. The second-order valence-electron chi connectivity index (χ2n) is 6.67. The lowest BCUT2D eigenvalue weighted by molar-refractivity contribution is -0.116. The Balaban J connectivity index is 1.88. The monoisotopic (exact) mass is 427 g/mol. The number of anilines is 1. The summed E-state index contributed by atoms with van der Waals surface area (Å²) >= 11 is 7.20. The van der Waals surface area contributed by atoms with Gasteiger partial charge in [0, 0.05) is 27.8 Å². The molecule has 4 rings (SSSR count). The lowest BCUT2D eigenvalue weighted by Gasteiger charge is -2.24. The van der Waals surface area contributed by atoms with Gasteiger partial charge in [-0.25, -0.2) is 4.79 Å². The molecule has 0 aliphatic carbocycles. The average molecular weight is 428 g/mol. The van der Waals surface area contributed by atoms with Gasteiger partial charge in [0.05, 0.1) is 12.3 Å². The molecule has 0 saturated carbocycles. The van der Waals surface area contributed by atoms with Crippen LogP contribution in [0.2, 0.25) is 5.02 Å². The highest BCUT2D eigenvalue weighted by atomic mass is 35.5. The van der Waals surface area contributed by atoms with Gasteiger partial charge in [-0.15, -0.1) is 11.3 Å². The van der Waals surface area contributed by atoms with Crippen molar-refractivity contribution in [2.24, 2.45) is 0 Å². The number of hydrogen-bond acceptors (Lipinski definition) is 4. The Morgan fingerprint density at radius 3 is 2.72 bits per heavy atom. The highest BCUT2D eigenvalue weighted by Gasteiger charge is 2.34. The number of carboxylic acids is 1. The number of carbonyl (C=O) groups excluding carboxylic acids is 1. The molecule has 5 nitrogen and oxygen atoms in total. The second kappa shape index (κ2) is 7.89. The summed E-state index contributed by atoms with van der Waals surface area (Å²) in [6, 6.07) is 14.6. The third kappa shape index (κ3) is 3.73. The quantitative estimate of drug-likeness (QED) is 0.552. The van der Waals surface area contributed by atoms with Crippen LogP contribution in [0.3, 0.4) is 0 Å². The van der Waals surface area contributed by atoms with Gasteiger partial charge in [-0.3, -0.25) is 4.79 Å². The minimum atomic E-state index is -1.02. The first-order valence-electron chi connectivity index (χ1n) is 9.16. The maximum Gasteiger partial charge on any atom is 0.346 e. The maximum absolute atomic E-state index is 12.5. The molecule has 148 valence electrons. The van der Waals surface area contributed by atoms with Crippen molar-refractivity contribution in [2.75, 3.05) is 11.9 Å². The smallest absolute Gasteiger partial charge is 0.346 e. The number of ether oxygens (including phenoxy) is 1. The molecule has 0 fully saturated rings. The molecule has 0 radical (unpaired) electrons. The summed E-state index contributed by atoms with van der Waals surface area (Å²) in [5.41, 5.74) is 2.71. The molecule has 1 aliphatic rings. The third-order valence-electron chi connectivity index (χ3n) is 4.80. The molecule has 1 amide bonds. The van der Waals surface area contributed by atoms with Crippen LogP contribution in [-0.2, 0) is 4.79 Å². The predicted molar refractivity (Wildman–Crippen MR) is 114 cm³/mol. The van der Waals surface area contributed by atoms with Crippen molar-refractivity contribution in [3.05, 3.63) is 68.9 Å². The van der Waals surface area contributed by atoms with E-state index in [-0.39, 0.29) is 23.1 Å². The fourth-order valence-corrected chi connectivity index (χ4v) is 4.96. The van der Waals surface area contributed by atoms with Crippen molar-refractivity contribution in [3.63, 3.8) is 0 Å². The van der Waals surface area contributed by atoms with Gasteiger partial charge >= 0.3 is 5.97 Å². The number of carbonyl (C=O) groups is 2. The van der Waals surface area contributed by atoms with E-state index >= 15 is 0 Å². The van der Waals surface area contributed by atoms with Gasteiger partial charge in [-0.1, -0.05) is 35.9 Å². The highest BCUT2D eigenvalue weighted by molar-refractivity contribution is 7.15. The van der Waals surface area contributed by atoms with Crippen LogP contribution in [0.4, 0.5) is 5.69 Å². The van der Waals surface area contributed by atoms with E-state index in [4.69, 9.17) is 16.3 Å². The van der Waals surface area contributed by atoms with Crippen LogP contribution in [0.1, 0.15) is 39.4 Å². The zero-order valence-corrected chi connectivity index (χ0v) is 17.1. The largest absolute Gasteiger partial charge is 0.494 e. The molecule has 2 heterocycles. The second-order valence-corrected chi connectivity index (χ2v) is 8.16. The van der Waals surface area contributed by atoms with Gasteiger partial charge < -0.3 is 15.2 Å². The first-order valence-corrected chi connectivity index (χ1v) is 10.4. The molecule has 1 aromatic heterocycles. The number of fused-ring (bicyclic) bond motifs is 1. The number of amides is 1. The van der Waals surface area contributed by atoms with Crippen LogP contribution in [0.5, 0.6) is 5.75 Å². The Hall–Kier alpha value is -2.83. The molecule has 0 bridgehead atoms. The van der Waals surface area contributed by atoms with Crippen molar-refractivity contribution in [1.82, 2.24) is 0 Å². The fourth-order valence-electron chi connectivity index (χ4n) is 3.59. The standard InChI is InChI=1S/C22H18ClNO4S/c1-2-28-15-5-3-4-13(10-15)16-11-17(25)24-19-18(12-6-8-14(23)9-7-12)21(22(26)27)29-20(16)19/h3-10,16H,2,11H2,1H3,(H,24,25)(H,26,27)/t16-/m1/s1. The number of nitrogens with one attached hydrogen (secondary N) is 1.